The van der Waals surface area contributed by atoms with Gasteiger partial charge in [0.05, 0.1) is 17.8 Å². The molecule has 2 aromatic carbocycles. The van der Waals surface area contributed by atoms with E-state index in [0.717, 1.165) is 28.2 Å². The lowest BCUT2D eigenvalue weighted by Crippen LogP contribution is -2.31. The largest absolute Gasteiger partial charge is 0.455 e. The molecule has 0 atom stereocenters. The summed E-state index contributed by atoms with van der Waals surface area (Å²) in [6.45, 7) is 3.70. The van der Waals surface area contributed by atoms with Gasteiger partial charge in [-0.3, -0.25) is 9.59 Å². The molecule has 0 saturated carbocycles. The van der Waals surface area contributed by atoms with Gasteiger partial charge in [-0.25, -0.2) is 9.07 Å². The summed E-state index contributed by atoms with van der Waals surface area (Å²) in [6.07, 6.45) is 0.0411. The van der Waals surface area contributed by atoms with E-state index >= 15 is 0 Å². The Morgan fingerprint density at radius 3 is 2.40 bits per heavy atom. The van der Waals surface area contributed by atoms with E-state index in [1.807, 2.05) is 44.2 Å². The van der Waals surface area contributed by atoms with E-state index in [1.165, 1.54) is 17.0 Å². The Morgan fingerprint density at radius 1 is 1.07 bits per heavy atom. The summed E-state index contributed by atoms with van der Waals surface area (Å²) in [5, 5.41) is 4.52. The predicted octanol–water partition coefficient (Wildman–Crippen LogP) is 3.37. The fourth-order valence-corrected chi connectivity index (χ4v) is 3.15. The van der Waals surface area contributed by atoms with Crippen molar-refractivity contribution in [2.24, 2.45) is 0 Å². The Morgan fingerprint density at radius 2 is 1.73 bits per heavy atom. The zero-order valence-corrected chi connectivity index (χ0v) is 17.3. The number of hydrogen-bond acceptors (Lipinski definition) is 4. The monoisotopic (exact) mass is 409 g/mol. The molecule has 7 heteroatoms. The van der Waals surface area contributed by atoms with Gasteiger partial charge in [-0.05, 0) is 43.7 Å². The highest BCUT2D eigenvalue weighted by molar-refractivity contribution is 5.81. The minimum Gasteiger partial charge on any atom is -0.455 e. The lowest BCUT2D eigenvalue weighted by atomic mass is 10.1. The highest BCUT2D eigenvalue weighted by atomic mass is 19.1. The quantitative estimate of drug-likeness (QED) is 0.561. The number of rotatable bonds is 7. The Bertz CT molecular complexity index is 1030. The lowest BCUT2D eigenvalue weighted by Gasteiger charge is -2.17. The van der Waals surface area contributed by atoms with Gasteiger partial charge in [-0.2, -0.15) is 5.10 Å². The van der Waals surface area contributed by atoms with Crippen molar-refractivity contribution in [2.45, 2.75) is 26.8 Å². The molecule has 156 valence electrons. The molecular formula is C23H24FN3O3. The summed E-state index contributed by atoms with van der Waals surface area (Å²) in [6, 6.07) is 15.6. The molecule has 0 radical (unpaired) electrons. The molecule has 0 N–H and O–H groups in total. The van der Waals surface area contributed by atoms with Crippen molar-refractivity contribution in [3.05, 3.63) is 82.9 Å². The van der Waals surface area contributed by atoms with Crippen molar-refractivity contribution in [1.29, 1.82) is 0 Å². The number of benzene rings is 2. The van der Waals surface area contributed by atoms with Crippen LogP contribution < -0.4 is 0 Å². The van der Waals surface area contributed by atoms with Crippen LogP contribution in [0.1, 0.15) is 22.5 Å². The van der Waals surface area contributed by atoms with Gasteiger partial charge in [0.25, 0.3) is 5.91 Å². The fourth-order valence-electron chi connectivity index (χ4n) is 3.15. The standard InChI is InChI=1S/C23H24FN3O3/c1-16-21(17(2)27(25-16)20-7-5-4-6-8-20)13-23(29)30-15-22(28)26(3)14-18-9-11-19(24)12-10-18/h4-12H,13-15H2,1-3H3. The van der Waals surface area contributed by atoms with E-state index in [0.29, 0.717) is 6.54 Å². The van der Waals surface area contributed by atoms with Crippen LogP contribution in [-0.4, -0.2) is 40.2 Å². The van der Waals surface area contributed by atoms with Crippen LogP contribution in [0.2, 0.25) is 0 Å². The van der Waals surface area contributed by atoms with E-state index in [4.69, 9.17) is 4.74 Å². The third-order valence-corrected chi connectivity index (χ3v) is 4.88. The normalized spacial score (nSPS) is 10.7. The van der Waals surface area contributed by atoms with Crippen LogP contribution in [0, 0.1) is 19.7 Å². The van der Waals surface area contributed by atoms with Crippen molar-refractivity contribution in [3.63, 3.8) is 0 Å². The number of para-hydroxylation sites is 1. The molecule has 0 aliphatic carbocycles. The Labute approximate surface area is 174 Å². The number of halogens is 1. The number of likely N-dealkylation sites (N-methyl/N-ethyl adjacent to an activating group) is 1. The van der Waals surface area contributed by atoms with E-state index in [-0.39, 0.29) is 24.8 Å². The third-order valence-electron chi connectivity index (χ3n) is 4.88. The van der Waals surface area contributed by atoms with Crippen LogP contribution in [-0.2, 0) is 27.3 Å². The second-order valence-electron chi connectivity index (χ2n) is 7.11. The number of aryl methyl sites for hydroxylation is 1. The maximum Gasteiger partial charge on any atom is 0.310 e. The van der Waals surface area contributed by atoms with Crippen LogP contribution in [0.4, 0.5) is 4.39 Å². The van der Waals surface area contributed by atoms with Crippen LogP contribution >= 0.6 is 0 Å². The van der Waals surface area contributed by atoms with Crippen molar-refractivity contribution in [3.8, 4) is 5.69 Å². The van der Waals surface area contributed by atoms with Crippen molar-refractivity contribution >= 4 is 11.9 Å². The van der Waals surface area contributed by atoms with E-state index in [9.17, 15) is 14.0 Å². The molecular weight excluding hydrogens is 385 g/mol. The van der Waals surface area contributed by atoms with Gasteiger partial charge in [0, 0.05) is 24.8 Å². The molecule has 0 aliphatic rings. The summed E-state index contributed by atoms with van der Waals surface area (Å²) < 4.78 is 20.0. The Balaban J connectivity index is 1.56. The molecule has 3 rings (SSSR count). The molecule has 0 aliphatic heterocycles. The minimum absolute atomic E-state index is 0.0411. The van der Waals surface area contributed by atoms with Gasteiger partial charge in [-0.15, -0.1) is 0 Å². The van der Waals surface area contributed by atoms with Gasteiger partial charge in [0.15, 0.2) is 6.61 Å². The molecule has 0 spiro atoms. The lowest BCUT2D eigenvalue weighted by molar-refractivity contribution is -0.151. The SMILES string of the molecule is Cc1nn(-c2ccccc2)c(C)c1CC(=O)OCC(=O)N(C)Cc1ccc(F)cc1. The maximum atomic E-state index is 13.0. The average Bonchev–Trinajstić information content (AvgIpc) is 3.02. The van der Waals surface area contributed by atoms with Crippen LogP contribution in [0.5, 0.6) is 0 Å². The summed E-state index contributed by atoms with van der Waals surface area (Å²) in [7, 11) is 1.61. The molecule has 0 bridgehead atoms. The van der Waals surface area contributed by atoms with Crippen LogP contribution in [0.15, 0.2) is 54.6 Å². The number of carbonyl (C=O) groups is 2. The molecule has 30 heavy (non-hydrogen) atoms. The first kappa shape index (κ1) is 21.2. The van der Waals surface area contributed by atoms with Gasteiger partial charge in [0.1, 0.15) is 5.82 Å². The van der Waals surface area contributed by atoms with Gasteiger partial charge >= 0.3 is 5.97 Å². The van der Waals surface area contributed by atoms with Crippen molar-refractivity contribution < 1.29 is 18.7 Å². The molecule has 0 unspecified atom stereocenters. The van der Waals surface area contributed by atoms with Crippen molar-refractivity contribution in [2.75, 3.05) is 13.7 Å². The molecule has 0 saturated heterocycles. The maximum absolute atomic E-state index is 13.0. The molecule has 1 heterocycles. The molecule has 1 amide bonds. The third kappa shape index (κ3) is 5.11. The topological polar surface area (TPSA) is 64.4 Å². The van der Waals surface area contributed by atoms with E-state index in [1.54, 1.807) is 23.9 Å². The first-order valence-corrected chi connectivity index (χ1v) is 9.59. The van der Waals surface area contributed by atoms with Crippen LogP contribution in [0.25, 0.3) is 5.69 Å². The Kier molecular flexibility index (Phi) is 6.61. The van der Waals surface area contributed by atoms with Crippen molar-refractivity contribution in [1.82, 2.24) is 14.7 Å². The van der Waals surface area contributed by atoms with Gasteiger partial charge in [0.2, 0.25) is 0 Å². The average molecular weight is 409 g/mol. The zero-order valence-electron chi connectivity index (χ0n) is 17.3. The van der Waals surface area contributed by atoms with Crippen LogP contribution in [0.3, 0.4) is 0 Å². The summed E-state index contributed by atoms with van der Waals surface area (Å²) in [4.78, 5) is 26.0. The number of amides is 1. The molecule has 0 fully saturated rings. The highest BCUT2D eigenvalue weighted by Crippen LogP contribution is 2.18. The van der Waals surface area contributed by atoms with Gasteiger partial charge < -0.3 is 9.64 Å². The summed E-state index contributed by atoms with van der Waals surface area (Å²) in [5.74, 6) is -1.15. The smallest absolute Gasteiger partial charge is 0.310 e. The summed E-state index contributed by atoms with van der Waals surface area (Å²) >= 11 is 0. The zero-order chi connectivity index (χ0) is 21.7. The fraction of sp³-hybridized carbons (Fsp3) is 0.261. The summed E-state index contributed by atoms with van der Waals surface area (Å²) in [5.41, 5.74) is 4.09. The molecule has 1 aromatic heterocycles. The second kappa shape index (κ2) is 9.35. The minimum atomic E-state index is -0.489. The number of ether oxygens (including phenoxy) is 1. The van der Waals surface area contributed by atoms with E-state index < -0.39 is 5.97 Å². The molecule has 3 aromatic rings. The van der Waals surface area contributed by atoms with E-state index in [2.05, 4.69) is 5.10 Å². The Hall–Kier alpha value is -3.48. The predicted molar refractivity (Wildman–Crippen MR) is 111 cm³/mol. The van der Waals surface area contributed by atoms with Gasteiger partial charge in [-0.1, -0.05) is 30.3 Å². The number of nitrogens with zero attached hydrogens (tertiary/aromatic N) is 3. The first-order chi connectivity index (χ1) is 14.3. The number of esters is 1. The highest BCUT2D eigenvalue weighted by Gasteiger charge is 2.18. The second-order valence-corrected chi connectivity index (χ2v) is 7.11. The number of aromatic nitrogens is 2. The first-order valence-electron chi connectivity index (χ1n) is 9.59. The number of hydrogen-bond donors (Lipinski definition) is 0. The molecule has 6 nitrogen and oxygen atoms in total. The number of carbonyl (C=O) groups excluding carboxylic acids is 2.